The zero-order valence-electron chi connectivity index (χ0n) is 37.3. The number of fused-ring (bicyclic) bond motifs is 10. The Hall–Kier alpha value is -8.97. The van der Waals surface area contributed by atoms with E-state index in [4.69, 9.17) is 0 Å². The van der Waals surface area contributed by atoms with Gasteiger partial charge in [-0.15, -0.1) is 11.3 Å². The van der Waals surface area contributed by atoms with Crippen LogP contribution in [0.1, 0.15) is 0 Å². The van der Waals surface area contributed by atoms with Crippen molar-refractivity contribution in [2.45, 2.75) is 0 Å². The molecule has 4 heterocycles. The summed E-state index contributed by atoms with van der Waals surface area (Å²) in [5.41, 5.74) is 12.0. The second-order valence-corrected chi connectivity index (χ2v) is 18.7. The monoisotopic (exact) mass is 899 g/mol. The number of benzene rings is 10. The highest BCUT2D eigenvalue weighted by atomic mass is 32.1. The molecule has 5 nitrogen and oxygen atoms in total. The summed E-state index contributed by atoms with van der Waals surface area (Å²) in [5.74, 6) is 0. The van der Waals surface area contributed by atoms with Crippen molar-refractivity contribution in [2.75, 3.05) is 9.80 Å². The molecule has 69 heavy (non-hydrogen) atoms. The molecule has 0 atom stereocenters. The third-order valence-corrected chi connectivity index (χ3v) is 14.9. The first-order chi connectivity index (χ1) is 34.2. The summed E-state index contributed by atoms with van der Waals surface area (Å²) in [4.78, 5) is 9.32. The summed E-state index contributed by atoms with van der Waals surface area (Å²) in [6.45, 7) is 0. The van der Waals surface area contributed by atoms with Crippen LogP contribution in [0.25, 0.3) is 85.9 Å². The predicted octanol–water partition coefficient (Wildman–Crippen LogP) is 17.7. The quantitative estimate of drug-likeness (QED) is 0.152. The molecule has 14 rings (SSSR count). The van der Waals surface area contributed by atoms with Crippen molar-refractivity contribution in [3.8, 4) is 11.4 Å². The van der Waals surface area contributed by atoms with E-state index < -0.39 is 0 Å². The predicted molar refractivity (Wildman–Crippen MR) is 293 cm³/mol. The number of rotatable bonds is 8. The first kappa shape index (κ1) is 39.2. The fraction of sp³-hybridized carbons (Fsp3) is 0. The van der Waals surface area contributed by atoms with Crippen LogP contribution in [-0.4, -0.2) is 14.1 Å². The Balaban J connectivity index is 1.13. The minimum Gasteiger partial charge on any atom is -0.310 e. The number of para-hydroxylation sites is 2. The second kappa shape index (κ2) is 15.8. The third kappa shape index (κ3) is 6.27. The highest BCUT2D eigenvalue weighted by Crippen LogP contribution is 2.48. The van der Waals surface area contributed by atoms with E-state index in [1.165, 1.54) is 47.1 Å². The normalized spacial score (nSPS) is 11.8. The molecule has 0 unspecified atom stereocenters. The van der Waals surface area contributed by atoms with E-state index in [0.29, 0.717) is 0 Å². The van der Waals surface area contributed by atoms with Crippen LogP contribution < -0.4 is 9.80 Å². The number of aromatic nitrogens is 3. The van der Waals surface area contributed by atoms with Crippen molar-refractivity contribution >= 4 is 120 Å². The van der Waals surface area contributed by atoms with Gasteiger partial charge in [-0.2, -0.15) is 0 Å². The molecule has 0 saturated heterocycles. The molecule has 0 N–H and O–H groups in total. The summed E-state index contributed by atoms with van der Waals surface area (Å²) in [6, 6.07) is 86.2. The molecule has 14 aromatic rings. The maximum atomic E-state index is 4.60. The summed E-state index contributed by atoms with van der Waals surface area (Å²) in [6.07, 6.45) is 3.78. The number of nitrogens with zero attached hydrogens (tertiary/aromatic N) is 5. The highest BCUT2D eigenvalue weighted by Gasteiger charge is 2.27. The second-order valence-electron chi connectivity index (χ2n) is 17.6. The molecule has 0 aliphatic heterocycles. The largest absolute Gasteiger partial charge is 0.310 e. The Morgan fingerprint density at radius 2 is 0.797 bits per heavy atom. The van der Waals surface area contributed by atoms with Crippen LogP contribution in [-0.2, 0) is 0 Å². The Morgan fingerprint density at radius 1 is 0.333 bits per heavy atom. The number of thiophene rings is 1. The van der Waals surface area contributed by atoms with E-state index in [9.17, 15) is 0 Å². The van der Waals surface area contributed by atoms with Crippen LogP contribution in [0.4, 0.5) is 34.1 Å². The van der Waals surface area contributed by atoms with Crippen molar-refractivity contribution in [3.63, 3.8) is 0 Å². The van der Waals surface area contributed by atoms with Gasteiger partial charge in [-0.25, -0.2) is 0 Å². The van der Waals surface area contributed by atoms with E-state index >= 15 is 0 Å². The molecule has 0 aliphatic rings. The van der Waals surface area contributed by atoms with E-state index in [2.05, 4.69) is 254 Å². The van der Waals surface area contributed by atoms with Crippen LogP contribution >= 0.6 is 11.3 Å². The first-order valence-corrected chi connectivity index (χ1v) is 24.2. The van der Waals surface area contributed by atoms with Gasteiger partial charge in [0.25, 0.3) is 0 Å². The topological polar surface area (TPSA) is 29.2 Å². The van der Waals surface area contributed by atoms with Gasteiger partial charge < -0.3 is 9.80 Å². The molecule has 0 bridgehead atoms. The van der Waals surface area contributed by atoms with Crippen molar-refractivity contribution in [2.24, 2.45) is 0 Å². The Bertz CT molecular complexity index is 4220. The lowest BCUT2D eigenvalue weighted by Gasteiger charge is -2.26. The first-order valence-electron chi connectivity index (χ1n) is 23.4. The van der Waals surface area contributed by atoms with Crippen LogP contribution in [0.5, 0.6) is 0 Å². The van der Waals surface area contributed by atoms with Gasteiger partial charge in [0.1, 0.15) is 5.65 Å². The maximum Gasteiger partial charge on any atom is 0.131 e. The van der Waals surface area contributed by atoms with Crippen LogP contribution in [0, 0.1) is 0 Å². The van der Waals surface area contributed by atoms with Gasteiger partial charge in [0.15, 0.2) is 0 Å². The van der Waals surface area contributed by atoms with E-state index in [1.807, 2.05) is 29.8 Å². The maximum absolute atomic E-state index is 4.60. The van der Waals surface area contributed by atoms with Gasteiger partial charge in [0, 0.05) is 81.7 Å². The van der Waals surface area contributed by atoms with Crippen molar-refractivity contribution in [1.29, 1.82) is 0 Å². The molecular weight excluding hydrogens is 859 g/mol. The van der Waals surface area contributed by atoms with E-state index in [-0.39, 0.29) is 0 Å². The molecule has 0 spiro atoms. The molecular formula is C63H41N5S. The van der Waals surface area contributed by atoms with Gasteiger partial charge in [-0.3, -0.25) is 14.1 Å². The third-order valence-electron chi connectivity index (χ3n) is 13.7. The van der Waals surface area contributed by atoms with Gasteiger partial charge in [0.05, 0.1) is 34.3 Å². The van der Waals surface area contributed by atoms with Crippen LogP contribution in [0.2, 0.25) is 0 Å². The number of anilines is 6. The van der Waals surface area contributed by atoms with Crippen LogP contribution in [0.3, 0.4) is 0 Å². The van der Waals surface area contributed by atoms with Crippen molar-refractivity contribution in [3.05, 3.63) is 249 Å². The van der Waals surface area contributed by atoms with Gasteiger partial charge >= 0.3 is 0 Å². The molecule has 324 valence electrons. The lowest BCUT2D eigenvalue weighted by atomic mass is 10.1. The van der Waals surface area contributed by atoms with Gasteiger partial charge in [-0.1, -0.05) is 127 Å². The molecule has 4 aromatic heterocycles. The van der Waals surface area contributed by atoms with Crippen LogP contribution in [0.15, 0.2) is 249 Å². The Morgan fingerprint density at radius 3 is 1.38 bits per heavy atom. The zero-order valence-corrected chi connectivity index (χ0v) is 38.1. The fourth-order valence-corrected chi connectivity index (χ4v) is 11.8. The lowest BCUT2D eigenvalue weighted by Crippen LogP contribution is -2.10. The average Bonchev–Trinajstić information content (AvgIpc) is 4.06. The van der Waals surface area contributed by atoms with Crippen molar-refractivity contribution < 1.29 is 0 Å². The van der Waals surface area contributed by atoms with Crippen molar-refractivity contribution in [1.82, 2.24) is 14.1 Å². The van der Waals surface area contributed by atoms with E-state index in [0.717, 1.165) is 73.0 Å². The molecule has 0 radical (unpaired) electrons. The minimum atomic E-state index is 0.988. The molecule has 0 fully saturated rings. The Labute approximate surface area is 402 Å². The molecule has 0 amide bonds. The van der Waals surface area contributed by atoms with Gasteiger partial charge in [-0.05, 0) is 120 Å². The summed E-state index contributed by atoms with van der Waals surface area (Å²) < 4.78 is 7.61. The Kier molecular flexibility index (Phi) is 9.00. The standard InChI is InChI=1S/C63H41N5S/c1-3-20-44(21-4-1)65(48-33-36-61-53(38-48)52-27-11-12-30-60(52)69-61)46-31-34-58-54(39-46)62-55-40-47(66(45-22-5-2-6-23-45)49-24-15-37-64-41-49)32-35-59(55)68(57-29-14-19-43-17-8-10-26-51(43)57)63(62)67(58)56-28-13-18-42-16-7-9-25-50(42)56/h1-41H. The molecule has 0 aliphatic carbocycles. The summed E-state index contributed by atoms with van der Waals surface area (Å²) in [7, 11) is 0. The summed E-state index contributed by atoms with van der Waals surface area (Å²) in [5, 5.41) is 10.8. The molecule has 0 saturated carbocycles. The number of hydrogen-bond donors (Lipinski definition) is 0. The summed E-state index contributed by atoms with van der Waals surface area (Å²) >= 11 is 1.85. The number of hydrogen-bond acceptors (Lipinski definition) is 4. The zero-order chi connectivity index (χ0) is 45.4. The average molecular weight is 900 g/mol. The smallest absolute Gasteiger partial charge is 0.131 e. The highest BCUT2D eigenvalue weighted by molar-refractivity contribution is 7.25. The fourth-order valence-electron chi connectivity index (χ4n) is 10.7. The van der Waals surface area contributed by atoms with E-state index in [1.54, 1.807) is 0 Å². The van der Waals surface area contributed by atoms with Gasteiger partial charge in [0.2, 0.25) is 0 Å². The number of pyridine rings is 1. The molecule has 10 aromatic carbocycles. The molecule has 6 heteroatoms. The lowest BCUT2D eigenvalue weighted by molar-refractivity contribution is 1.08. The SMILES string of the molecule is c1ccc(N(c2cccnc2)c2ccc3c(c2)c2c4cc(N(c5ccccc5)c5ccc6sc7ccccc7c6c5)ccc4n(-c4cccc5ccccc45)c2n3-c2cccc3ccccc23)cc1. The minimum absolute atomic E-state index is 0.988.